The molecular weight excluding hydrogens is 270 g/mol. The SMILES string of the molecule is O=C1C(Br)CCCN1CC1CCCCC1O. The van der Waals surface area contributed by atoms with Crippen molar-refractivity contribution < 1.29 is 9.90 Å². The molecule has 0 bridgehead atoms. The van der Waals surface area contributed by atoms with E-state index in [9.17, 15) is 9.90 Å². The van der Waals surface area contributed by atoms with Gasteiger partial charge in [0.15, 0.2) is 0 Å². The Kier molecular flexibility index (Phi) is 4.25. The predicted molar refractivity (Wildman–Crippen MR) is 66.5 cm³/mol. The minimum atomic E-state index is -0.197. The number of halogens is 1. The first-order valence-electron chi connectivity index (χ1n) is 6.29. The minimum absolute atomic E-state index is 0.00184. The molecule has 0 aromatic heterocycles. The monoisotopic (exact) mass is 289 g/mol. The molecule has 0 radical (unpaired) electrons. The fourth-order valence-corrected chi connectivity index (χ4v) is 3.37. The van der Waals surface area contributed by atoms with Crippen molar-refractivity contribution in [3.8, 4) is 0 Å². The van der Waals surface area contributed by atoms with Crippen molar-refractivity contribution in [2.75, 3.05) is 13.1 Å². The average molecular weight is 290 g/mol. The van der Waals surface area contributed by atoms with Crippen LogP contribution in [0.2, 0.25) is 0 Å². The van der Waals surface area contributed by atoms with Gasteiger partial charge in [-0.25, -0.2) is 0 Å². The lowest BCUT2D eigenvalue weighted by Crippen LogP contribution is -2.46. The Morgan fingerprint density at radius 1 is 1.25 bits per heavy atom. The third-order valence-corrected chi connectivity index (χ3v) is 4.64. The van der Waals surface area contributed by atoms with E-state index >= 15 is 0 Å². The summed E-state index contributed by atoms with van der Waals surface area (Å²) in [5.41, 5.74) is 0. The van der Waals surface area contributed by atoms with Gasteiger partial charge in [0.2, 0.25) is 5.91 Å². The summed E-state index contributed by atoms with van der Waals surface area (Å²) in [6.07, 6.45) is 6.13. The van der Waals surface area contributed by atoms with Crippen molar-refractivity contribution in [3.63, 3.8) is 0 Å². The lowest BCUT2D eigenvalue weighted by atomic mass is 9.86. The normalized spacial score (nSPS) is 36.5. The van der Waals surface area contributed by atoms with E-state index in [0.29, 0.717) is 5.92 Å². The highest BCUT2D eigenvalue weighted by atomic mass is 79.9. The maximum absolute atomic E-state index is 11.9. The highest BCUT2D eigenvalue weighted by Crippen LogP contribution is 2.27. The summed E-state index contributed by atoms with van der Waals surface area (Å²) in [5.74, 6) is 0.513. The quantitative estimate of drug-likeness (QED) is 0.789. The summed E-state index contributed by atoms with van der Waals surface area (Å²) >= 11 is 3.42. The molecule has 1 heterocycles. The van der Waals surface area contributed by atoms with Gasteiger partial charge in [-0.3, -0.25) is 4.79 Å². The number of amides is 1. The lowest BCUT2D eigenvalue weighted by molar-refractivity contribution is -0.133. The second-order valence-corrected chi connectivity index (χ2v) is 6.11. The Bertz CT molecular complexity index is 259. The van der Waals surface area contributed by atoms with Gasteiger partial charge in [-0.15, -0.1) is 0 Å². The molecule has 2 rings (SSSR count). The predicted octanol–water partition coefficient (Wildman–Crippen LogP) is 1.92. The van der Waals surface area contributed by atoms with Crippen LogP contribution in [0, 0.1) is 5.92 Å². The first-order chi connectivity index (χ1) is 7.68. The Morgan fingerprint density at radius 2 is 2.00 bits per heavy atom. The molecule has 0 aromatic carbocycles. The van der Waals surface area contributed by atoms with Crippen LogP contribution in [0.25, 0.3) is 0 Å². The van der Waals surface area contributed by atoms with E-state index in [1.807, 2.05) is 4.90 Å². The van der Waals surface area contributed by atoms with E-state index in [-0.39, 0.29) is 16.8 Å². The molecular formula is C12H20BrNO2. The maximum atomic E-state index is 11.9. The van der Waals surface area contributed by atoms with Crippen molar-refractivity contribution in [1.82, 2.24) is 4.90 Å². The molecule has 16 heavy (non-hydrogen) atoms. The van der Waals surface area contributed by atoms with E-state index in [2.05, 4.69) is 15.9 Å². The lowest BCUT2D eigenvalue weighted by Gasteiger charge is -2.36. The molecule has 3 atom stereocenters. The number of hydrogen-bond acceptors (Lipinski definition) is 2. The number of alkyl halides is 1. The van der Waals surface area contributed by atoms with E-state index in [0.717, 1.165) is 45.2 Å². The standard InChI is InChI=1S/C12H20BrNO2/c13-10-5-3-7-14(12(10)16)8-9-4-1-2-6-11(9)15/h9-11,15H,1-8H2. The van der Waals surface area contributed by atoms with Gasteiger partial charge in [0, 0.05) is 19.0 Å². The largest absolute Gasteiger partial charge is 0.393 e. The van der Waals surface area contributed by atoms with E-state index in [4.69, 9.17) is 0 Å². The van der Waals surface area contributed by atoms with E-state index in [1.54, 1.807) is 0 Å². The summed E-state index contributed by atoms with van der Waals surface area (Å²) in [6.45, 7) is 1.62. The van der Waals surface area contributed by atoms with Gasteiger partial charge in [0.25, 0.3) is 0 Å². The molecule has 1 saturated carbocycles. The third kappa shape index (κ3) is 2.77. The van der Waals surface area contributed by atoms with Crippen LogP contribution in [0.1, 0.15) is 38.5 Å². The van der Waals surface area contributed by atoms with Crippen LogP contribution in [0.4, 0.5) is 0 Å². The van der Waals surface area contributed by atoms with Crippen LogP contribution in [0.15, 0.2) is 0 Å². The van der Waals surface area contributed by atoms with Gasteiger partial charge in [0.1, 0.15) is 0 Å². The van der Waals surface area contributed by atoms with Crippen LogP contribution >= 0.6 is 15.9 Å². The molecule has 2 fully saturated rings. The zero-order valence-electron chi connectivity index (χ0n) is 9.57. The Labute approximate surface area is 105 Å². The fourth-order valence-electron chi connectivity index (χ4n) is 2.76. The molecule has 0 spiro atoms. The van der Waals surface area contributed by atoms with Gasteiger partial charge in [-0.05, 0) is 25.7 Å². The fraction of sp³-hybridized carbons (Fsp3) is 0.917. The summed E-state index contributed by atoms with van der Waals surface area (Å²) < 4.78 is 0. The average Bonchev–Trinajstić information content (AvgIpc) is 2.28. The van der Waals surface area contributed by atoms with Crippen molar-refractivity contribution in [1.29, 1.82) is 0 Å². The number of aliphatic hydroxyl groups excluding tert-OH is 1. The number of carbonyl (C=O) groups excluding carboxylic acids is 1. The second kappa shape index (κ2) is 5.50. The summed E-state index contributed by atoms with van der Waals surface area (Å²) in [4.78, 5) is 13.8. The zero-order chi connectivity index (χ0) is 11.5. The number of likely N-dealkylation sites (tertiary alicyclic amines) is 1. The topological polar surface area (TPSA) is 40.5 Å². The first kappa shape index (κ1) is 12.4. The molecule has 1 aliphatic carbocycles. The number of piperidine rings is 1. The Hall–Kier alpha value is -0.0900. The number of carbonyl (C=O) groups is 1. The number of hydrogen-bond donors (Lipinski definition) is 1. The number of rotatable bonds is 2. The maximum Gasteiger partial charge on any atom is 0.236 e. The molecule has 2 aliphatic rings. The number of nitrogens with zero attached hydrogens (tertiary/aromatic N) is 1. The van der Waals surface area contributed by atoms with Crippen LogP contribution in [0.5, 0.6) is 0 Å². The highest BCUT2D eigenvalue weighted by Gasteiger charge is 2.31. The van der Waals surface area contributed by atoms with Crippen LogP contribution in [0.3, 0.4) is 0 Å². The molecule has 0 aromatic rings. The number of aliphatic hydroxyl groups is 1. The van der Waals surface area contributed by atoms with Gasteiger partial charge in [-0.2, -0.15) is 0 Å². The summed E-state index contributed by atoms with van der Waals surface area (Å²) in [5, 5.41) is 9.90. The van der Waals surface area contributed by atoms with Crippen molar-refractivity contribution in [3.05, 3.63) is 0 Å². The molecule has 1 aliphatic heterocycles. The Balaban J connectivity index is 1.90. The summed E-state index contributed by atoms with van der Waals surface area (Å²) in [7, 11) is 0. The second-order valence-electron chi connectivity index (χ2n) is 5.01. The molecule has 1 amide bonds. The molecule has 1 N–H and O–H groups in total. The molecule has 1 saturated heterocycles. The molecule has 92 valence electrons. The third-order valence-electron chi connectivity index (χ3n) is 3.79. The first-order valence-corrected chi connectivity index (χ1v) is 7.21. The van der Waals surface area contributed by atoms with Gasteiger partial charge in [0.05, 0.1) is 10.9 Å². The van der Waals surface area contributed by atoms with Crippen LogP contribution < -0.4 is 0 Å². The smallest absolute Gasteiger partial charge is 0.236 e. The highest BCUT2D eigenvalue weighted by molar-refractivity contribution is 9.10. The van der Waals surface area contributed by atoms with Gasteiger partial charge < -0.3 is 10.0 Å². The van der Waals surface area contributed by atoms with Crippen LogP contribution in [-0.2, 0) is 4.79 Å². The van der Waals surface area contributed by atoms with Gasteiger partial charge >= 0.3 is 0 Å². The Morgan fingerprint density at radius 3 is 2.75 bits per heavy atom. The van der Waals surface area contributed by atoms with Gasteiger partial charge in [-0.1, -0.05) is 28.8 Å². The van der Waals surface area contributed by atoms with Crippen molar-refractivity contribution >= 4 is 21.8 Å². The van der Waals surface area contributed by atoms with Crippen molar-refractivity contribution in [2.24, 2.45) is 5.92 Å². The molecule has 4 heteroatoms. The van der Waals surface area contributed by atoms with Crippen molar-refractivity contribution in [2.45, 2.75) is 49.5 Å². The van der Waals surface area contributed by atoms with E-state index in [1.165, 1.54) is 6.42 Å². The van der Waals surface area contributed by atoms with E-state index < -0.39 is 0 Å². The molecule has 3 nitrogen and oxygen atoms in total. The molecule has 3 unspecified atom stereocenters. The van der Waals surface area contributed by atoms with Crippen LogP contribution in [-0.4, -0.2) is 39.9 Å². The summed E-state index contributed by atoms with van der Waals surface area (Å²) in [6, 6.07) is 0. The minimum Gasteiger partial charge on any atom is -0.393 e. The zero-order valence-corrected chi connectivity index (χ0v) is 11.2.